The quantitative estimate of drug-likeness (QED) is 0.586. The minimum absolute atomic E-state index is 0.00991. The fraction of sp³-hybridized carbons (Fsp3) is 0.0714. The predicted molar refractivity (Wildman–Crippen MR) is 68.1 cm³/mol. The first kappa shape index (κ1) is 9.90. The number of nitrogens with zero attached hydrogens (tertiary/aromatic N) is 2. The van der Waals surface area contributed by atoms with Crippen LogP contribution in [0.2, 0.25) is 0 Å². The Balaban J connectivity index is 2.65. The highest BCUT2D eigenvalue weighted by Crippen LogP contribution is 2.12. The summed E-state index contributed by atoms with van der Waals surface area (Å²) in [4.78, 5) is 20.8. The van der Waals surface area contributed by atoms with Crippen LogP contribution in [0.5, 0.6) is 0 Å². The number of aromatic nitrogens is 2. The van der Waals surface area contributed by atoms with Gasteiger partial charge >= 0.3 is 0 Å². The molecular weight excluding hydrogens is 212 g/mol. The Bertz CT molecular complexity index is 781. The van der Waals surface area contributed by atoms with Crippen LogP contribution in [-0.4, -0.2) is 9.97 Å². The maximum Gasteiger partial charge on any atom is 0.197 e. The average Bonchev–Trinajstić information content (AvgIpc) is 2.49. The molecule has 0 saturated carbocycles. The molecule has 82 valence electrons. The topological polar surface area (TPSA) is 42.9 Å². The van der Waals surface area contributed by atoms with E-state index in [-0.39, 0.29) is 5.43 Å². The third-order valence-electron chi connectivity index (χ3n) is 2.78. The summed E-state index contributed by atoms with van der Waals surface area (Å²) in [5.74, 6) is 0. The Labute approximate surface area is 97.8 Å². The molecule has 3 heteroatoms. The van der Waals surface area contributed by atoms with E-state index in [9.17, 15) is 4.79 Å². The Kier molecular flexibility index (Phi) is 2.11. The van der Waals surface area contributed by atoms with E-state index in [2.05, 4.69) is 9.97 Å². The molecule has 0 aliphatic carbocycles. The van der Waals surface area contributed by atoms with Crippen molar-refractivity contribution in [3.63, 3.8) is 0 Å². The summed E-state index contributed by atoms with van der Waals surface area (Å²) in [5, 5.41) is 1.28. The fourth-order valence-electron chi connectivity index (χ4n) is 1.94. The Morgan fingerprint density at radius 1 is 1.00 bits per heavy atom. The normalized spacial score (nSPS) is 10.9. The van der Waals surface area contributed by atoms with Gasteiger partial charge in [0.1, 0.15) is 0 Å². The molecule has 0 amide bonds. The van der Waals surface area contributed by atoms with Crippen LogP contribution in [0.15, 0.2) is 47.5 Å². The molecule has 1 aromatic carbocycles. The lowest BCUT2D eigenvalue weighted by Crippen LogP contribution is -1.99. The summed E-state index contributed by atoms with van der Waals surface area (Å²) in [6, 6.07) is 9.12. The van der Waals surface area contributed by atoms with Gasteiger partial charge in [-0.2, -0.15) is 0 Å². The van der Waals surface area contributed by atoms with Crippen LogP contribution in [0, 0.1) is 6.92 Å². The van der Waals surface area contributed by atoms with Crippen molar-refractivity contribution in [3.8, 4) is 0 Å². The van der Waals surface area contributed by atoms with E-state index in [1.54, 1.807) is 24.5 Å². The minimum Gasteiger partial charge on any atom is -0.288 e. The van der Waals surface area contributed by atoms with Gasteiger partial charge in [0.2, 0.25) is 0 Å². The Morgan fingerprint density at radius 2 is 1.76 bits per heavy atom. The highest BCUT2D eigenvalue weighted by Gasteiger charge is 2.03. The minimum atomic E-state index is -0.00991. The molecule has 0 unspecified atom stereocenters. The molecule has 3 rings (SSSR count). The van der Waals surface area contributed by atoms with Gasteiger partial charge in [0.25, 0.3) is 0 Å². The van der Waals surface area contributed by atoms with Gasteiger partial charge in [0.15, 0.2) is 5.43 Å². The predicted octanol–water partition coefficient (Wildman–Crippen LogP) is 2.45. The highest BCUT2D eigenvalue weighted by atomic mass is 16.1. The van der Waals surface area contributed by atoms with E-state index in [1.165, 1.54) is 0 Å². The largest absolute Gasteiger partial charge is 0.288 e. The second kappa shape index (κ2) is 3.63. The van der Waals surface area contributed by atoms with Crippen LogP contribution >= 0.6 is 0 Å². The first-order chi connectivity index (χ1) is 8.25. The number of rotatable bonds is 0. The zero-order valence-electron chi connectivity index (χ0n) is 9.34. The van der Waals surface area contributed by atoms with Gasteiger partial charge in [-0.3, -0.25) is 14.8 Å². The van der Waals surface area contributed by atoms with Crippen molar-refractivity contribution < 1.29 is 0 Å². The number of aryl methyl sites for hydroxylation is 1. The van der Waals surface area contributed by atoms with Crippen LogP contribution < -0.4 is 5.43 Å². The molecule has 0 bridgehead atoms. The zero-order chi connectivity index (χ0) is 11.8. The fourth-order valence-corrected chi connectivity index (χ4v) is 1.94. The van der Waals surface area contributed by atoms with Gasteiger partial charge < -0.3 is 0 Å². The standard InChI is InChI=1S/C14H10N2O/c1-9-7-11-13(16-8-9)5-4-12-10(14(11)17)3-2-6-15-12/h2-8H,1H3. The Hall–Kier alpha value is -2.29. The summed E-state index contributed by atoms with van der Waals surface area (Å²) in [7, 11) is 0. The second-order valence-corrected chi connectivity index (χ2v) is 4.04. The molecule has 0 N–H and O–H groups in total. The summed E-state index contributed by atoms with van der Waals surface area (Å²) < 4.78 is 0. The molecule has 3 aromatic rings. The average molecular weight is 222 g/mol. The van der Waals surface area contributed by atoms with Crippen molar-refractivity contribution in [1.82, 2.24) is 9.97 Å². The van der Waals surface area contributed by atoms with Gasteiger partial charge in [-0.15, -0.1) is 0 Å². The summed E-state index contributed by atoms with van der Waals surface area (Å²) >= 11 is 0. The van der Waals surface area contributed by atoms with Crippen molar-refractivity contribution >= 4 is 21.8 Å². The number of pyridine rings is 2. The number of fused-ring (bicyclic) bond motifs is 2. The lowest BCUT2D eigenvalue weighted by atomic mass is 10.2. The lowest BCUT2D eigenvalue weighted by molar-refractivity contribution is 1.34. The molecule has 0 aliphatic rings. The van der Waals surface area contributed by atoms with Gasteiger partial charge in [-0.1, -0.05) is 0 Å². The molecule has 0 spiro atoms. The van der Waals surface area contributed by atoms with Crippen LogP contribution in [0.4, 0.5) is 0 Å². The monoisotopic (exact) mass is 222 g/mol. The molecule has 17 heavy (non-hydrogen) atoms. The molecule has 2 heterocycles. The molecule has 0 saturated heterocycles. The van der Waals surface area contributed by atoms with Crippen LogP contribution in [-0.2, 0) is 0 Å². The maximum atomic E-state index is 12.4. The van der Waals surface area contributed by atoms with Gasteiger partial charge in [0.05, 0.1) is 11.0 Å². The summed E-state index contributed by atoms with van der Waals surface area (Å²) in [6.07, 6.45) is 3.45. The lowest BCUT2D eigenvalue weighted by Gasteiger charge is -1.93. The molecule has 0 radical (unpaired) electrons. The van der Waals surface area contributed by atoms with Crippen LogP contribution in [0.25, 0.3) is 21.8 Å². The molecular formula is C14H10N2O. The van der Waals surface area contributed by atoms with Crippen molar-refractivity contribution in [3.05, 3.63) is 58.5 Å². The molecule has 0 atom stereocenters. The van der Waals surface area contributed by atoms with Crippen LogP contribution in [0.3, 0.4) is 0 Å². The Morgan fingerprint density at radius 3 is 2.59 bits per heavy atom. The van der Waals surface area contributed by atoms with E-state index in [4.69, 9.17) is 0 Å². The maximum absolute atomic E-state index is 12.4. The van der Waals surface area contributed by atoms with Crippen molar-refractivity contribution in [2.24, 2.45) is 0 Å². The van der Waals surface area contributed by atoms with E-state index in [0.29, 0.717) is 21.8 Å². The zero-order valence-corrected chi connectivity index (χ0v) is 9.34. The highest BCUT2D eigenvalue weighted by molar-refractivity contribution is 5.89. The molecule has 2 aromatic heterocycles. The first-order valence-corrected chi connectivity index (χ1v) is 5.40. The number of hydrogen-bond acceptors (Lipinski definition) is 3. The van der Waals surface area contributed by atoms with Crippen molar-refractivity contribution in [2.75, 3.05) is 0 Å². The van der Waals surface area contributed by atoms with Gasteiger partial charge in [-0.05, 0) is 42.8 Å². The smallest absolute Gasteiger partial charge is 0.197 e. The van der Waals surface area contributed by atoms with Crippen molar-refractivity contribution in [2.45, 2.75) is 6.92 Å². The molecule has 3 nitrogen and oxygen atoms in total. The summed E-state index contributed by atoms with van der Waals surface area (Å²) in [5.41, 5.74) is 2.38. The molecule has 0 aliphatic heterocycles. The third-order valence-corrected chi connectivity index (χ3v) is 2.78. The van der Waals surface area contributed by atoms with E-state index in [0.717, 1.165) is 5.56 Å². The summed E-state index contributed by atoms with van der Waals surface area (Å²) in [6.45, 7) is 1.93. The SMILES string of the molecule is Cc1cnc2ccc3ncccc3c(=O)c2c1. The van der Waals surface area contributed by atoms with Gasteiger partial charge in [-0.25, -0.2) is 0 Å². The van der Waals surface area contributed by atoms with Crippen molar-refractivity contribution in [1.29, 1.82) is 0 Å². The van der Waals surface area contributed by atoms with Crippen LogP contribution in [0.1, 0.15) is 5.56 Å². The first-order valence-electron chi connectivity index (χ1n) is 5.40. The third kappa shape index (κ3) is 1.56. The van der Waals surface area contributed by atoms with Gasteiger partial charge in [0, 0.05) is 23.2 Å². The van der Waals surface area contributed by atoms with E-state index >= 15 is 0 Å². The van der Waals surface area contributed by atoms with E-state index < -0.39 is 0 Å². The second-order valence-electron chi connectivity index (χ2n) is 4.04. The molecule has 0 fully saturated rings. The van der Waals surface area contributed by atoms with E-state index in [1.807, 2.05) is 25.1 Å². The number of hydrogen-bond donors (Lipinski definition) is 0.